The average Bonchev–Trinajstić information content (AvgIpc) is 2.14. The first-order valence-electron chi connectivity index (χ1n) is 4.42. The number of hydrogen-bond donors (Lipinski definition) is 2. The van der Waals surface area contributed by atoms with Crippen LogP contribution in [0.1, 0.15) is 12.0 Å². The number of carbonyl (C=O) groups is 1. The third-order valence-corrected chi connectivity index (χ3v) is 1.82. The van der Waals surface area contributed by atoms with Crippen molar-refractivity contribution in [1.29, 1.82) is 0 Å². The van der Waals surface area contributed by atoms with Gasteiger partial charge in [0.2, 0.25) is 0 Å². The number of hydrogen-bond acceptors (Lipinski definition) is 1. The highest BCUT2D eigenvalue weighted by Crippen LogP contribution is 2.12. The van der Waals surface area contributed by atoms with E-state index in [1.165, 1.54) is 0 Å². The van der Waals surface area contributed by atoms with E-state index in [9.17, 15) is 4.79 Å². The van der Waals surface area contributed by atoms with Crippen LogP contribution in [0.3, 0.4) is 0 Å². The Morgan fingerprint density at radius 3 is 3.00 bits per heavy atom. The Balaban J connectivity index is 2.68. The normalized spacial score (nSPS) is 9.43. The van der Waals surface area contributed by atoms with E-state index in [1.807, 2.05) is 24.3 Å². The van der Waals surface area contributed by atoms with E-state index in [0.29, 0.717) is 5.69 Å². The second-order valence-corrected chi connectivity index (χ2v) is 2.96. The van der Waals surface area contributed by atoms with E-state index >= 15 is 0 Å². The Hall–Kier alpha value is -1.77. The molecule has 3 heteroatoms. The van der Waals surface area contributed by atoms with Gasteiger partial charge in [0.25, 0.3) is 0 Å². The summed E-state index contributed by atoms with van der Waals surface area (Å²) in [5.41, 5.74) is 1.72. The molecule has 1 aromatic rings. The number of carboxylic acid groups (broad SMARTS) is 1. The van der Waals surface area contributed by atoms with Gasteiger partial charge in [-0.2, -0.15) is 0 Å². The van der Waals surface area contributed by atoms with Crippen LogP contribution in [0.5, 0.6) is 0 Å². The van der Waals surface area contributed by atoms with Gasteiger partial charge in [0.15, 0.2) is 0 Å². The molecule has 0 aromatic heterocycles. The molecule has 0 unspecified atom stereocenters. The number of amides is 1. The van der Waals surface area contributed by atoms with Crippen LogP contribution in [0.25, 0.3) is 0 Å². The van der Waals surface area contributed by atoms with Crippen molar-refractivity contribution in [2.75, 3.05) is 5.32 Å². The number of anilines is 1. The molecule has 0 saturated carbocycles. The molecule has 0 radical (unpaired) electrons. The van der Waals surface area contributed by atoms with Crippen molar-refractivity contribution < 1.29 is 9.90 Å². The molecule has 0 spiro atoms. The summed E-state index contributed by atoms with van der Waals surface area (Å²) in [6, 6.07) is 7.36. The predicted molar refractivity (Wildman–Crippen MR) is 56.6 cm³/mol. The summed E-state index contributed by atoms with van der Waals surface area (Å²) in [6.45, 7) is 3.64. The number of allylic oxidation sites excluding steroid dienone is 1. The highest BCUT2D eigenvalue weighted by molar-refractivity contribution is 5.82. The highest BCUT2D eigenvalue weighted by atomic mass is 16.4. The fourth-order valence-corrected chi connectivity index (χ4v) is 1.20. The molecule has 1 rings (SSSR count). The zero-order valence-electron chi connectivity index (χ0n) is 7.86. The van der Waals surface area contributed by atoms with Gasteiger partial charge < -0.3 is 5.11 Å². The molecular formula is C11H13NO2. The summed E-state index contributed by atoms with van der Waals surface area (Å²) in [6.07, 6.45) is 2.60. The monoisotopic (exact) mass is 191 g/mol. The minimum absolute atomic E-state index is 0.610. The molecule has 2 N–H and O–H groups in total. The van der Waals surface area contributed by atoms with Crippen molar-refractivity contribution >= 4 is 11.8 Å². The van der Waals surface area contributed by atoms with Crippen LogP contribution < -0.4 is 5.32 Å². The Morgan fingerprint density at radius 2 is 2.36 bits per heavy atom. The fraction of sp³-hybridized carbons (Fsp3) is 0.182. The van der Waals surface area contributed by atoms with Crippen molar-refractivity contribution in [2.45, 2.75) is 12.8 Å². The van der Waals surface area contributed by atoms with Gasteiger partial charge >= 0.3 is 6.09 Å². The molecule has 1 aromatic carbocycles. The summed E-state index contributed by atoms with van der Waals surface area (Å²) in [7, 11) is 0. The molecule has 3 nitrogen and oxygen atoms in total. The highest BCUT2D eigenvalue weighted by Gasteiger charge is 1.98. The van der Waals surface area contributed by atoms with Gasteiger partial charge in [-0.3, -0.25) is 5.32 Å². The van der Waals surface area contributed by atoms with Crippen LogP contribution in [0.2, 0.25) is 0 Å². The Bertz CT molecular complexity index is 334. The molecule has 0 aliphatic rings. The van der Waals surface area contributed by atoms with Crippen molar-refractivity contribution in [3.05, 3.63) is 42.5 Å². The zero-order valence-corrected chi connectivity index (χ0v) is 7.86. The average molecular weight is 191 g/mol. The third-order valence-electron chi connectivity index (χ3n) is 1.82. The molecule has 0 aliphatic heterocycles. The predicted octanol–water partition coefficient (Wildman–Crippen LogP) is 2.90. The van der Waals surface area contributed by atoms with Crippen molar-refractivity contribution in [3.8, 4) is 0 Å². The van der Waals surface area contributed by atoms with Gasteiger partial charge in [0.1, 0.15) is 0 Å². The lowest BCUT2D eigenvalue weighted by Crippen LogP contribution is -2.07. The molecule has 0 heterocycles. The van der Waals surface area contributed by atoms with Crippen LogP contribution in [0, 0.1) is 0 Å². The second-order valence-electron chi connectivity index (χ2n) is 2.96. The Kier molecular flexibility index (Phi) is 3.73. The first kappa shape index (κ1) is 10.3. The minimum Gasteiger partial charge on any atom is -0.465 e. The van der Waals surface area contributed by atoms with Crippen LogP contribution >= 0.6 is 0 Å². The van der Waals surface area contributed by atoms with E-state index in [4.69, 9.17) is 5.11 Å². The maximum Gasteiger partial charge on any atom is 0.409 e. The van der Waals surface area contributed by atoms with Gasteiger partial charge in [0, 0.05) is 5.69 Å². The molecule has 1 amide bonds. The van der Waals surface area contributed by atoms with Gasteiger partial charge in [-0.15, -0.1) is 6.58 Å². The van der Waals surface area contributed by atoms with E-state index < -0.39 is 6.09 Å². The molecule has 0 fully saturated rings. The molecular weight excluding hydrogens is 178 g/mol. The quantitative estimate of drug-likeness (QED) is 0.719. The number of aryl methyl sites for hydroxylation is 1. The maximum atomic E-state index is 10.4. The largest absolute Gasteiger partial charge is 0.465 e. The lowest BCUT2D eigenvalue weighted by molar-refractivity contribution is 0.210. The van der Waals surface area contributed by atoms with Crippen molar-refractivity contribution in [2.24, 2.45) is 0 Å². The molecule has 0 bridgehead atoms. The standard InChI is InChI=1S/C11H13NO2/c1-2-3-5-9-6-4-7-10(8-9)12-11(13)14/h2,4,6-8,12H,1,3,5H2,(H,13,14). The topological polar surface area (TPSA) is 49.3 Å². The molecule has 74 valence electrons. The van der Waals surface area contributed by atoms with E-state index in [0.717, 1.165) is 18.4 Å². The van der Waals surface area contributed by atoms with Crippen LogP contribution in [0.4, 0.5) is 10.5 Å². The first-order valence-corrected chi connectivity index (χ1v) is 4.42. The molecule has 0 atom stereocenters. The van der Waals surface area contributed by atoms with Gasteiger partial charge in [-0.05, 0) is 30.5 Å². The lowest BCUT2D eigenvalue weighted by Gasteiger charge is -2.03. The molecule has 0 aliphatic carbocycles. The van der Waals surface area contributed by atoms with Crippen LogP contribution in [0.15, 0.2) is 36.9 Å². The van der Waals surface area contributed by atoms with E-state index in [-0.39, 0.29) is 0 Å². The summed E-state index contributed by atoms with van der Waals surface area (Å²) in [5.74, 6) is 0. The maximum absolute atomic E-state index is 10.4. The van der Waals surface area contributed by atoms with E-state index in [2.05, 4.69) is 11.9 Å². The summed E-state index contributed by atoms with van der Waals surface area (Å²) < 4.78 is 0. The van der Waals surface area contributed by atoms with E-state index in [1.54, 1.807) is 6.07 Å². The van der Waals surface area contributed by atoms with Crippen molar-refractivity contribution in [1.82, 2.24) is 0 Å². The second kappa shape index (κ2) is 5.07. The molecule has 14 heavy (non-hydrogen) atoms. The minimum atomic E-state index is -1.04. The molecule has 0 saturated heterocycles. The Labute approximate surface area is 83.1 Å². The zero-order chi connectivity index (χ0) is 10.4. The fourth-order valence-electron chi connectivity index (χ4n) is 1.20. The summed E-state index contributed by atoms with van der Waals surface area (Å²) in [4.78, 5) is 10.4. The summed E-state index contributed by atoms with van der Waals surface area (Å²) >= 11 is 0. The van der Waals surface area contributed by atoms with Crippen molar-refractivity contribution in [3.63, 3.8) is 0 Å². The van der Waals surface area contributed by atoms with Gasteiger partial charge in [-0.1, -0.05) is 18.2 Å². The SMILES string of the molecule is C=CCCc1cccc(NC(=O)O)c1. The van der Waals surface area contributed by atoms with Crippen LogP contribution in [-0.2, 0) is 6.42 Å². The van der Waals surface area contributed by atoms with Gasteiger partial charge in [-0.25, -0.2) is 4.79 Å². The lowest BCUT2D eigenvalue weighted by atomic mass is 10.1. The van der Waals surface area contributed by atoms with Crippen LogP contribution in [-0.4, -0.2) is 11.2 Å². The third kappa shape index (κ3) is 3.31. The Morgan fingerprint density at radius 1 is 1.57 bits per heavy atom. The number of benzene rings is 1. The number of nitrogens with one attached hydrogen (secondary N) is 1. The smallest absolute Gasteiger partial charge is 0.409 e. The first-order chi connectivity index (χ1) is 6.72. The van der Waals surface area contributed by atoms with Gasteiger partial charge in [0.05, 0.1) is 0 Å². The number of rotatable bonds is 4. The summed E-state index contributed by atoms with van der Waals surface area (Å²) in [5, 5.41) is 10.8.